The number of carbonyl (C=O) groups is 3. The number of amides is 2. The van der Waals surface area contributed by atoms with E-state index in [9.17, 15) is 18.8 Å². The van der Waals surface area contributed by atoms with Gasteiger partial charge in [0.05, 0.1) is 13.5 Å². The summed E-state index contributed by atoms with van der Waals surface area (Å²) in [4.78, 5) is 37.3. The quantitative estimate of drug-likeness (QED) is 0.836. The number of carbonyl (C=O) groups excluding carboxylic acids is 3. The fourth-order valence-electron chi connectivity index (χ4n) is 2.48. The summed E-state index contributed by atoms with van der Waals surface area (Å²) in [5, 5.41) is 2.53. The number of ether oxygens (including phenoxy) is 1. The number of benzene rings is 1. The van der Waals surface area contributed by atoms with Crippen molar-refractivity contribution in [3.63, 3.8) is 0 Å². The van der Waals surface area contributed by atoms with Crippen molar-refractivity contribution < 1.29 is 23.5 Å². The van der Waals surface area contributed by atoms with Gasteiger partial charge in [-0.2, -0.15) is 0 Å². The number of esters is 1. The summed E-state index contributed by atoms with van der Waals surface area (Å²) in [5.74, 6) is -1.71. The Morgan fingerprint density at radius 3 is 2.70 bits per heavy atom. The first-order chi connectivity index (χ1) is 10.8. The third-order valence-electron chi connectivity index (χ3n) is 3.87. The van der Waals surface area contributed by atoms with Crippen LogP contribution >= 0.6 is 0 Å². The van der Waals surface area contributed by atoms with Crippen molar-refractivity contribution in [2.75, 3.05) is 7.11 Å². The molecule has 1 aliphatic rings. The van der Waals surface area contributed by atoms with Crippen LogP contribution in [0.4, 0.5) is 4.39 Å². The number of nitrogens with one attached hydrogen (secondary N) is 1. The van der Waals surface area contributed by atoms with Crippen molar-refractivity contribution in [2.45, 2.75) is 38.9 Å². The van der Waals surface area contributed by atoms with Gasteiger partial charge < -0.3 is 15.0 Å². The number of hydrogen-bond donors (Lipinski definition) is 1. The molecule has 124 valence electrons. The van der Waals surface area contributed by atoms with Crippen LogP contribution < -0.4 is 5.32 Å². The Labute approximate surface area is 133 Å². The van der Waals surface area contributed by atoms with E-state index in [1.165, 1.54) is 18.1 Å². The molecule has 0 aliphatic carbocycles. The second-order valence-corrected chi connectivity index (χ2v) is 5.58. The van der Waals surface area contributed by atoms with Crippen LogP contribution in [0, 0.1) is 12.7 Å². The van der Waals surface area contributed by atoms with E-state index >= 15 is 0 Å². The van der Waals surface area contributed by atoms with Gasteiger partial charge >= 0.3 is 5.97 Å². The summed E-state index contributed by atoms with van der Waals surface area (Å²) in [6, 6.07) is 2.98. The van der Waals surface area contributed by atoms with Crippen LogP contribution in [-0.4, -0.2) is 41.9 Å². The van der Waals surface area contributed by atoms with E-state index in [1.807, 2.05) is 0 Å². The van der Waals surface area contributed by atoms with Crippen LogP contribution in [0.1, 0.15) is 24.5 Å². The van der Waals surface area contributed by atoms with Gasteiger partial charge in [0.1, 0.15) is 17.9 Å². The van der Waals surface area contributed by atoms with E-state index < -0.39 is 24.0 Å². The van der Waals surface area contributed by atoms with Crippen molar-refractivity contribution in [3.05, 3.63) is 35.1 Å². The van der Waals surface area contributed by atoms with Crippen molar-refractivity contribution in [1.29, 1.82) is 0 Å². The summed E-state index contributed by atoms with van der Waals surface area (Å²) in [6.07, 6.45) is -0.241. The van der Waals surface area contributed by atoms with Crippen LogP contribution in [0.15, 0.2) is 18.2 Å². The van der Waals surface area contributed by atoms with Gasteiger partial charge in [-0.25, -0.2) is 4.39 Å². The van der Waals surface area contributed by atoms with Crippen molar-refractivity contribution in [2.24, 2.45) is 0 Å². The minimum absolute atomic E-state index is 0.0510. The highest BCUT2D eigenvalue weighted by molar-refractivity contribution is 5.98. The maximum Gasteiger partial charge on any atom is 0.308 e. The van der Waals surface area contributed by atoms with Gasteiger partial charge in [0.25, 0.3) is 0 Å². The summed E-state index contributed by atoms with van der Waals surface area (Å²) in [6.45, 7) is 3.26. The number of hydrogen-bond acceptors (Lipinski definition) is 4. The highest BCUT2D eigenvalue weighted by Gasteiger charge is 2.39. The predicted octanol–water partition coefficient (Wildman–Crippen LogP) is 0.913. The van der Waals surface area contributed by atoms with Gasteiger partial charge in [0.15, 0.2) is 0 Å². The zero-order chi connectivity index (χ0) is 17.1. The molecule has 23 heavy (non-hydrogen) atoms. The van der Waals surface area contributed by atoms with Gasteiger partial charge in [-0.3, -0.25) is 14.4 Å². The van der Waals surface area contributed by atoms with Gasteiger partial charge in [-0.15, -0.1) is 0 Å². The number of rotatable bonds is 4. The summed E-state index contributed by atoms with van der Waals surface area (Å²) >= 11 is 0. The van der Waals surface area contributed by atoms with E-state index in [1.54, 1.807) is 26.0 Å². The molecule has 1 aliphatic heterocycles. The Hall–Kier alpha value is -2.44. The van der Waals surface area contributed by atoms with E-state index in [0.717, 1.165) is 0 Å². The molecule has 2 amide bonds. The molecule has 2 atom stereocenters. The molecule has 0 unspecified atom stereocenters. The molecular weight excluding hydrogens is 303 g/mol. The lowest BCUT2D eigenvalue weighted by molar-refractivity contribution is -0.154. The molecule has 0 aromatic heterocycles. The fraction of sp³-hybridized carbons (Fsp3) is 0.438. The Morgan fingerprint density at radius 2 is 2.09 bits per heavy atom. The third-order valence-corrected chi connectivity index (χ3v) is 3.87. The van der Waals surface area contributed by atoms with Gasteiger partial charge in [-0.05, 0) is 31.0 Å². The molecule has 1 aromatic rings. The van der Waals surface area contributed by atoms with E-state index in [0.29, 0.717) is 11.1 Å². The molecule has 1 N–H and O–H groups in total. The topological polar surface area (TPSA) is 75.7 Å². The maximum absolute atomic E-state index is 13.7. The maximum atomic E-state index is 13.7. The summed E-state index contributed by atoms with van der Waals surface area (Å²) < 4.78 is 18.3. The Bertz CT molecular complexity index is 647. The second kappa shape index (κ2) is 6.76. The molecule has 0 bridgehead atoms. The zero-order valence-corrected chi connectivity index (χ0v) is 13.3. The monoisotopic (exact) mass is 322 g/mol. The van der Waals surface area contributed by atoms with Gasteiger partial charge in [0, 0.05) is 6.54 Å². The molecule has 0 saturated carbocycles. The molecule has 1 aromatic carbocycles. The van der Waals surface area contributed by atoms with Crippen molar-refractivity contribution in [1.82, 2.24) is 10.2 Å². The molecule has 1 heterocycles. The molecular formula is C16H19FN2O4. The van der Waals surface area contributed by atoms with Crippen LogP contribution in [-0.2, 0) is 25.7 Å². The first kappa shape index (κ1) is 16.9. The van der Waals surface area contributed by atoms with E-state index in [2.05, 4.69) is 10.1 Å². The third kappa shape index (κ3) is 3.67. The van der Waals surface area contributed by atoms with Gasteiger partial charge in [-0.1, -0.05) is 12.1 Å². The average Bonchev–Trinajstić information content (AvgIpc) is 2.51. The zero-order valence-electron chi connectivity index (χ0n) is 13.3. The standard InChI is InChI=1S/C16H19FN2O4/c1-9-4-5-11(6-12(9)17)8-19-13(7-14(20)23-3)15(21)18-10(2)16(19)22/h4-6,10,13H,7-8H2,1-3H3,(H,18,21)/t10-,13+/m0/s1. The Morgan fingerprint density at radius 1 is 1.39 bits per heavy atom. The second-order valence-electron chi connectivity index (χ2n) is 5.58. The lowest BCUT2D eigenvalue weighted by Gasteiger charge is -2.37. The largest absolute Gasteiger partial charge is 0.469 e. The molecule has 1 saturated heterocycles. The first-order valence-electron chi connectivity index (χ1n) is 7.26. The number of piperazine rings is 1. The molecule has 0 spiro atoms. The predicted molar refractivity (Wildman–Crippen MR) is 79.7 cm³/mol. The first-order valence-corrected chi connectivity index (χ1v) is 7.26. The highest BCUT2D eigenvalue weighted by atomic mass is 19.1. The molecule has 0 radical (unpaired) electrons. The van der Waals surface area contributed by atoms with Crippen molar-refractivity contribution >= 4 is 17.8 Å². The fourth-order valence-corrected chi connectivity index (χ4v) is 2.48. The van der Waals surface area contributed by atoms with Crippen LogP contribution in [0.25, 0.3) is 0 Å². The van der Waals surface area contributed by atoms with Crippen LogP contribution in [0.5, 0.6) is 0 Å². The minimum Gasteiger partial charge on any atom is -0.469 e. The summed E-state index contributed by atoms with van der Waals surface area (Å²) in [5.41, 5.74) is 1.05. The minimum atomic E-state index is -0.962. The van der Waals surface area contributed by atoms with Crippen LogP contribution in [0.3, 0.4) is 0 Å². The average molecular weight is 322 g/mol. The Balaban J connectivity index is 2.27. The molecule has 1 fully saturated rings. The van der Waals surface area contributed by atoms with Gasteiger partial charge in [0.2, 0.25) is 11.8 Å². The van der Waals surface area contributed by atoms with E-state index in [4.69, 9.17) is 0 Å². The highest BCUT2D eigenvalue weighted by Crippen LogP contribution is 2.19. The number of aryl methyl sites for hydroxylation is 1. The molecule has 6 nitrogen and oxygen atoms in total. The molecule has 7 heteroatoms. The van der Waals surface area contributed by atoms with E-state index in [-0.39, 0.29) is 24.7 Å². The number of methoxy groups -OCH3 is 1. The normalized spacial score (nSPS) is 21.1. The number of nitrogens with zero attached hydrogens (tertiary/aromatic N) is 1. The van der Waals surface area contributed by atoms with Crippen molar-refractivity contribution in [3.8, 4) is 0 Å². The van der Waals surface area contributed by atoms with Crippen LogP contribution in [0.2, 0.25) is 0 Å². The molecule has 2 rings (SSSR count). The lowest BCUT2D eigenvalue weighted by atomic mass is 10.0. The lowest BCUT2D eigenvalue weighted by Crippen LogP contribution is -2.62. The number of halogens is 1. The smallest absolute Gasteiger partial charge is 0.308 e. The Kier molecular flexibility index (Phi) is 4.98. The summed E-state index contributed by atoms with van der Waals surface area (Å²) in [7, 11) is 1.22. The SMILES string of the molecule is COC(=O)C[C@@H]1C(=O)N[C@@H](C)C(=O)N1Cc1ccc(C)c(F)c1.